The lowest BCUT2D eigenvalue weighted by atomic mass is 10.1. The topological polar surface area (TPSA) is 28.0 Å². The zero-order chi connectivity index (χ0) is 12.2. The first-order valence-corrected chi connectivity index (χ1v) is 5.87. The SMILES string of the molecule is C1=NC=NCN1c1cccc(-c2ccccc2)c1. The molecule has 0 bridgehead atoms. The first-order valence-electron chi connectivity index (χ1n) is 5.87. The van der Waals surface area contributed by atoms with Gasteiger partial charge in [0.25, 0.3) is 0 Å². The lowest BCUT2D eigenvalue weighted by Crippen LogP contribution is -2.23. The Labute approximate surface area is 106 Å². The second kappa shape index (κ2) is 4.84. The number of nitrogens with zero attached hydrogens (tertiary/aromatic N) is 3. The van der Waals surface area contributed by atoms with Crippen molar-refractivity contribution in [2.45, 2.75) is 0 Å². The van der Waals surface area contributed by atoms with Crippen LogP contribution in [0.15, 0.2) is 64.6 Å². The third kappa shape index (κ3) is 2.15. The summed E-state index contributed by atoms with van der Waals surface area (Å²) in [6, 6.07) is 18.8. The molecule has 0 unspecified atom stereocenters. The van der Waals surface area contributed by atoms with Gasteiger partial charge in [0.15, 0.2) is 0 Å². The molecule has 0 amide bonds. The van der Waals surface area contributed by atoms with Crippen molar-refractivity contribution in [3.05, 3.63) is 54.6 Å². The fourth-order valence-corrected chi connectivity index (χ4v) is 1.96. The third-order valence-electron chi connectivity index (χ3n) is 2.87. The molecule has 88 valence electrons. The molecule has 1 aliphatic heterocycles. The van der Waals surface area contributed by atoms with Crippen molar-refractivity contribution in [3.8, 4) is 11.1 Å². The maximum Gasteiger partial charge on any atom is 0.117 e. The minimum atomic E-state index is 0.627. The lowest BCUT2D eigenvalue weighted by Gasteiger charge is -2.19. The van der Waals surface area contributed by atoms with Crippen molar-refractivity contribution in [2.75, 3.05) is 11.6 Å². The van der Waals surface area contributed by atoms with Crippen LogP contribution < -0.4 is 4.90 Å². The van der Waals surface area contributed by atoms with Crippen molar-refractivity contribution in [2.24, 2.45) is 9.98 Å². The highest BCUT2D eigenvalue weighted by Crippen LogP contribution is 2.24. The molecule has 3 rings (SSSR count). The van der Waals surface area contributed by atoms with E-state index >= 15 is 0 Å². The molecule has 1 aliphatic rings. The molecule has 0 aliphatic carbocycles. The average molecular weight is 235 g/mol. The van der Waals surface area contributed by atoms with E-state index in [4.69, 9.17) is 0 Å². The summed E-state index contributed by atoms with van der Waals surface area (Å²) in [6.45, 7) is 0.627. The monoisotopic (exact) mass is 235 g/mol. The quantitative estimate of drug-likeness (QED) is 0.785. The molecule has 0 atom stereocenters. The van der Waals surface area contributed by atoms with Gasteiger partial charge in [-0.3, -0.25) is 4.99 Å². The average Bonchev–Trinajstić information content (AvgIpc) is 2.49. The van der Waals surface area contributed by atoms with Gasteiger partial charge < -0.3 is 4.90 Å². The van der Waals surface area contributed by atoms with Crippen molar-refractivity contribution in [3.63, 3.8) is 0 Å². The van der Waals surface area contributed by atoms with Crippen LogP contribution in [0.2, 0.25) is 0 Å². The summed E-state index contributed by atoms with van der Waals surface area (Å²) >= 11 is 0. The van der Waals surface area contributed by atoms with E-state index in [1.54, 1.807) is 12.7 Å². The third-order valence-corrected chi connectivity index (χ3v) is 2.87. The summed E-state index contributed by atoms with van der Waals surface area (Å²) in [5.41, 5.74) is 3.53. The standard InChI is InChI=1S/C15H13N3/c1-2-5-13(6-3-1)14-7-4-8-15(9-14)18-11-16-10-17-12-18/h1-11H,12H2. The van der Waals surface area contributed by atoms with Crippen LogP contribution in [0.4, 0.5) is 5.69 Å². The van der Waals surface area contributed by atoms with Gasteiger partial charge in [0.05, 0.1) is 6.34 Å². The van der Waals surface area contributed by atoms with E-state index in [1.165, 1.54) is 11.1 Å². The molecular formula is C15H13N3. The Morgan fingerprint density at radius 1 is 0.889 bits per heavy atom. The van der Waals surface area contributed by atoms with Crippen LogP contribution in [0.25, 0.3) is 11.1 Å². The zero-order valence-electron chi connectivity index (χ0n) is 9.90. The predicted octanol–water partition coefficient (Wildman–Crippen LogP) is 3.19. The van der Waals surface area contributed by atoms with Gasteiger partial charge in [0.1, 0.15) is 13.0 Å². The van der Waals surface area contributed by atoms with E-state index < -0.39 is 0 Å². The van der Waals surface area contributed by atoms with E-state index in [-0.39, 0.29) is 0 Å². The van der Waals surface area contributed by atoms with E-state index in [1.807, 2.05) is 11.0 Å². The smallest absolute Gasteiger partial charge is 0.117 e. The summed E-state index contributed by atoms with van der Waals surface area (Å²) < 4.78 is 0. The normalized spacial score (nSPS) is 13.9. The van der Waals surface area contributed by atoms with E-state index in [0.29, 0.717) is 6.67 Å². The Kier molecular flexibility index (Phi) is 2.88. The second-order valence-corrected chi connectivity index (χ2v) is 4.09. The molecule has 2 aromatic rings. The maximum absolute atomic E-state index is 4.14. The van der Waals surface area contributed by atoms with Crippen molar-refractivity contribution < 1.29 is 0 Å². The number of rotatable bonds is 2. The predicted molar refractivity (Wildman–Crippen MR) is 76.2 cm³/mol. The first kappa shape index (κ1) is 10.7. The number of benzene rings is 2. The molecular weight excluding hydrogens is 222 g/mol. The molecule has 0 N–H and O–H groups in total. The highest BCUT2D eigenvalue weighted by molar-refractivity contribution is 5.87. The van der Waals surface area contributed by atoms with Crippen molar-refractivity contribution in [1.82, 2.24) is 0 Å². The molecule has 0 spiro atoms. The van der Waals surface area contributed by atoms with Crippen LogP contribution in [-0.4, -0.2) is 19.3 Å². The second-order valence-electron chi connectivity index (χ2n) is 4.09. The van der Waals surface area contributed by atoms with E-state index in [9.17, 15) is 0 Å². The summed E-state index contributed by atoms with van der Waals surface area (Å²) in [4.78, 5) is 10.2. The van der Waals surface area contributed by atoms with Gasteiger partial charge in [-0.25, -0.2) is 4.99 Å². The van der Waals surface area contributed by atoms with Gasteiger partial charge in [0.2, 0.25) is 0 Å². The zero-order valence-corrected chi connectivity index (χ0v) is 9.90. The van der Waals surface area contributed by atoms with E-state index in [0.717, 1.165) is 5.69 Å². The van der Waals surface area contributed by atoms with Gasteiger partial charge in [-0.05, 0) is 23.3 Å². The minimum Gasteiger partial charge on any atom is -0.312 e. The van der Waals surface area contributed by atoms with Crippen molar-refractivity contribution in [1.29, 1.82) is 0 Å². The van der Waals surface area contributed by atoms with Gasteiger partial charge in [0, 0.05) is 5.69 Å². The van der Waals surface area contributed by atoms with Gasteiger partial charge >= 0.3 is 0 Å². The van der Waals surface area contributed by atoms with Crippen LogP contribution in [0.1, 0.15) is 0 Å². The summed E-state index contributed by atoms with van der Waals surface area (Å²) in [6.07, 6.45) is 3.38. The van der Waals surface area contributed by atoms with Crippen LogP contribution >= 0.6 is 0 Å². The maximum atomic E-state index is 4.14. The lowest BCUT2D eigenvalue weighted by molar-refractivity contribution is 1.01. The number of aliphatic imine (C=N–C) groups is 2. The Hall–Kier alpha value is -2.42. The number of anilines is 1. The fraction of sp³-hybridized carbons (Fsp3) is 0.0667. The number of hydrogen-bond donors (Lipinski definition) is 0. The molecule has 0 saturated heterocycles. The van der Waals surface area contributed by atoms with Gasteiger partial charge in [-0.15, -0.1) is 0 Å². The molecule has 18 heavy (non-hydrogen) atoms. The molecule has 0 fully saturated rings. The summed E-state index contributed by atoms with van der Waals surface area (Å²) in [7, 11) is 0. The largest absolute Gasteiger partial charge is 0.312 e. The van der Waals surface area contributed by atoms with E-state index in [2.05, 4.69) is 58.5 Å². The Morgan fingerprint density at radius 3 is 2.50 bits per heavy atom. The number of hydrogen-bond acceptors (Lipinski definition) is 3. The first-order chi connectivity index (χ1) is 8.93. The highest BCUT2D eigenvalue weighted by Gasteiger charge is 2.06. The molecule has 0 aromatic heterocycles. The Balaban J connectivity index is 1.94. The molecule has 0 radical (unpaired) electrons. The fourth-order valence-electron chi connectivity index (χ4n) is 1.96. The van der Waals surface area contributed by atoms with Gasteiger partial charge in [-0.2, -0.15) is 0 Å². The van der Waals surface area contributed by atoms with Crippen LogP contribution in [0.3, 0.4) is 0 Å². The molecule has 3 heteroatoms. The summed E-state index contributed by atoms with van der Waals surface area (Å²) in [5.74, 6) is 0. The van der Waals surface area contributed by atoms with Crippen LogP contribution in [0.5, 0.6) is 0 Å². The van der Waals surface area contributed by atoms with Crippen LogP contribution in [-0.2, 0) is 0 Å². The molecule has 1 heterocycles. The Bertz CT molecular complexity index is 588. The minimum absolute atomic E-state index is 0.627. The van der Waals surface area contributed by atoms with Crippen LogP contribution in [0, 0.1) is 0 Å². The molecule has 3 nitrogen and oxygen atoms in total. The molecule has 0 saturated carbocycles. The highest BCUT2D eigenvalue weighted by atomic mass is 15.2. The molecule has 2 aromatic carbocycles. The van der Waals surface area contributed by atoms with Gasteiger partial charge in [-0.1, -0.05) is 42.5 Å². The summed E-state index contributed by atoms with van der Waals surface area (Å²) in [5, 5.41) is 0. The van der Waals surface area contributed by atoms with Crippen molar-refractivity contribution >= 4 is 18.4 Å². The Morgan fingerprint density at radius 2 is 1.72 bits per heavy atom.